The third-order valence-electron chi connectivity index (χ3n) is 3.48. The van der Waals surface area contributed by atoms with Crippen LogP contribution in [0.25, 0.3) is 0 Å². The summed E-state index contributed by atoms with van der Waals surface area (Å²) in [7, 11) is 0. The van der Waals surface area contributed by atoms with Crippen LogP contribution >= 0.6 is 0 Å². The zero-order valence-electron chi connectivity index (χ0n) is 11.9. The third-order valence-corrected chi connectivity index (χ3v) is 3.48. The summed E-state index contributed by atoms with van der Waals surface area (Å²) in [6.07, 6.45) is 2.37. The van der Waals surface area contributed by atoms with Crippen molar-refractivity contribution < 1.29 is 14.0 Å². The maximum absolute atomic E-state index is 12.8. The Morgan fingerprint density at radius 1 is 1.20 bits per heavy atom. The van der Waals surface area contributed by atoms with Crippen molar-refractivity contribution in [3.63, 3.8) is 0 Å². The zero-order chi connectivity index (χ0) is 15.1. The molecule has 0 aliphatic heterocycles. The molecule has 1 atom stereocenters. The molecule has 0 bridgehead atoms. The van der Waals surface area contributed by atoms with Gasteiger partial charge in [-0.15, -0.1) is 0 Å². The maximum Gasteiger partial charge on any atom is 0.251 e. The Morgan fingerprint density at radius 3 is 2.20 bits per heavy atom. The summed E-state index contributed by atoms with van der Waals surface area (Å²) in [5.41, 5.74) is 5.64. The molecule has 0 saturated carbocycles. The molecule has 0 saturated heterocycles. The number of primary amides is 1. The number of carbonyl (C=O) groups excluding carboxylic acids is 2. The van der Waals surface area contributed by atoms with Crippen molar-refractivity contribution >= 4 is 11.8 Å². The highest BCUT2D eigenvalue weighted by molar-refractivity contribution is 5.97. The quantitative estimate of drug-likeness (QED) is 0.804. The molecule has 1 unspecified atom stereocenters. The molecule has 1 aromatic carbocycles. The van der Waals surface area contributed by atoms with Crippen LogP contribution in [0, 0.1) is 11.7 Å². The second-order valence-electron chi connectivity index (χ2n) is 4.85. The summed E-state index contributed by atoms with van der Waals surface area (Å²) in [5.74, 6) is -1.04. The van der Waals surface area contributed by atoms with Crippen molar-refractivity contribution in [3.8, 4) is 0 Å². The van der Waals surface area contributed by atoms with E-state index >= 15 is 0 Å². The first-order valence-corrected chi connectivity index (χ1v) is 6.83. The summed E-state index contributed by atoms with van der Waals surface area (Å²) >= 11 is 0. The lowest BCUT2D eigenvalue weighted by Gasteiger charge is -2.20. The van der Waals surface area contributed by atoms with Crippen molar-refractivity contribution in [2.75, 3.05) is 0 Å². The van der Waals surface area contributed by atoms with Crippen molar-refractivity contribution in [2.24, 2.45) is 11.7 Å². The fourth-order valence-electron chi connectivity index (χ4n) is 2.04. The number of rotatable bonds is 7. The van der Waals surface area contributed by atoms with Crippen LogP contribution in [0.3, 0.4) is 0 Å². The highest BCUT2D eigenvalue weighted by Gasteiger charge is 2.21. The fourth-order valence-corrected chi connectivity index (χ4v) is 2.04. The van der Waals surface area contributed by atoms with Crippen molar-refractivity contribution in [1.29, 1.82) is 0 Å². The molecule has 3 N–H and O–H groups in total. The molecule has 0 aliphatic carbocycles. The Balaban J connectivity index is 2.72. The first-order chi connectivity index (χ1) is 9.47. The van der Waals surface area contributed by atoms with Gasteiger partial charge < -0.3 is 11.1 Å². The Labute approximate surface area is 118 Å². The summed E-state index contributed by atoms with van der Waals surface area (Å²) in [6.45, 7) is 4.07. The van der Waals surface area contributed by atoms with Crippen LogP contribution in [0.2, 0.25) is 0 Å². The van der Waals surface area contributed by atoms with Crippen LogP contribution in [-0.4, -0.2) is 17.9 Å². The van der Waals surface area contributed by atoms with Gasteiger partial charge in [-0.1, -0.05) is 26.7 Å². The van der Waals surface area contributed by atoms with Crippen molar-refractivity contribution in [1.82, 2.24) is 5.32 Å². The molecule has 4 nitrogen and oxygen atoms in total. The summed E-state index contributed by atoms with van der Waals surface area (Å²) in [5, 5.41) is 2.62. The summed E-state index contributed by atoms with van der Waals surface area (Å²) in [4.78, 5) is 23.4. The second kappa shape index (κ2) is 7.62. The first-order valence-electron chi connectivity index (χ1n) is 6.83. The van der Waals surface area contributed by atoms with Gasteiger partial charge in [0.2, 0.25) is 5.91 Å². The average Bonchev–Trinajstić information content (AvgIpc) is 2.43. The molecule has 1 rings (SSSR count). The molecule has 0 spiro atoms. The Bertz CT molecular complexity index is 455. The molecule has 2 amide bonds. The predicted octanol–water partition coefficient (Wildman–Crippen LogP) is 2.24. The monoisotopic (exact) mass is 280 g/mol. The van der Waals surface area contributed by atoms with Gasteiger partial charge in [0.25, 0.3) is 5.91 Å². The van der Waals surface area contributed by atoms with Crippen LogP contribution in [0.5, 0.6) is 0 Å². The lowest BCUT2D eigenvalue weighted by Crippen LogP contribution is -2.45. The molecular weight excluding hydrogens is 259 g/mol. The van der Waals surface area contributed by atoms with Gasteiger partial charge in [0.05, 0.1) is 0 Å². The predicted molar refractivity (Wildman–Crippen MR) is 75.5 cm³/mol. The molecular formula is C15H21FN2O2. The lowest BCUT2D eigenvalue weighted by atomic mass is 9.94. The van der Waals surface area contributed by atoms with E-state index in [1.807, 2.05) is 13.8 Å². The number of amides is 2. The smallest absolute Gasteiger partial charge is 0.251 e. The zero-order valence-corrected chi connectivity index (χ0v) is 11.9. The van der Waals surface area contributed by atoms with Crippen LogP contribution in [0.4, 0.5) is 4.39 Å². The number of halogens is 1. The molecule has 0 heterocycles. The van der Waals surface area contributed by atoms with E-state index in [0.717, 1.165) is 12.8 Å². The second-order valence-corrected chi connectivity index (χ2v) is 4.85. The SMILES string of the molecule is CCC(CC)CC(NC(=O)c1ccc(F)cc1)C(N)=O. The van der Waals surface area contributed by atoms with Gasteiger partial charge in [0, 0.05) is 5.56 Å². The van der Waals surface area contributed by atoms with Crippen LogP contribution in [0.15, 0.2) is 24.3 Å². The average molecular weight is 280 g/mol. The van der Waals surface area contributed by atoms with E-state index in [9.17, 15) is 14.0 Å². The van der Waals surface area contributed by atoms with E-state index < -0.39 is 23.7 Å². The molecule has 110 valence electrons. The lowest BCUT2D eigenvalue weighted by molar-refractivity contribution is -0.120. The largest absolute Gasteiger partial charge is 0.368 e. The fraction of sp³-hybridized carbons (Fsp3) is 0.467. The van der Waals surface area contributed by atoms with Crippen molar-refractivity contribution in [2.45, 2.75) is 39.2 Å². The van der Waals surface area contributed by atoms with E-state index in [0.29, 0.717) is 17.9 Å². The molecule has 5 heteroatoms. The molecule has 0 radical (unpaired) electrons. The van der Waals surface area contributed by atoms with E-state index in [2.05, 4.69) is 5.32 Å². The van der Waals surface area contributed by atoms with Crippen LogP contribution in [0.1, 0.15) is 43.5 Å². The minimum Gasteiger partial charge on any atom is -0.368 e. The first kappa shape index (κ1) is 16.1. The standard InChI is InChI=1S/C15H21FN2O2/c1-3-10(4-2)9-13(14(17)19)18-15(20)11-5-7-12(16)8-6-11/h5-8,10,13H,3-4,9H2,1-2H3,(H2,17,19)(H,18,20). The van der Waals surface area contributed by atoms with Crippen LogP contribution < -0.4 is 11.1 Å². The van der Waals surface area contributed by atoms with Gasteiger partial charge in [-0.3, -0.25) is 9.59 Å². The summed E-state index contributed by atoms with van der Waals surface area (Å²) in [6, 6.07) is 4.46. The Kier molecular flexibility index (Phi) is 6.15. The maximum atomic E-state index is 12.8. The topological polar surface area (TPSA) is 72.2 Å². The van der Waals surface area contributed by atoms with Gasteiger partial charge in [-0.25, -0.2) is 4.39 Å². The van der Waals surface area contributed by atoms with Gasteiger partial charge >= 0.3 is 0 Å². The molecule has 0 aromatic heterocycles. The number of carbonyl (C=O) groups is 2. The molecule has 20 heavy (non-hydrogen) atoms. The summed E-state index contributed by atoms with van der Waals surface area (Å²) < 4.78 is 12.8. The van der Waals surface area contributed by atoms with E-state index in [4.69, 9.17) is 5.73 Å². The third kappa shape index (κ3) is 4.64. The minimum atomic E-state index is -0.697. The number of nitrogens with one attached hydrogen (secondary N) is 1. The molecule has 0 fully saturated rings. The van der Waals surface area contributed by atoms with Gasteiger partial charge in [-0.2, -0.15) is 0 Å². The molecule has 0 aliphatic rings. The highest BCUT2D eigenvalue weighted by Crippen LogP contribution is 2.15. The van der Waals surface area contributed by atoms with E-state index in [-0.39, 0.29) is 0 Å². The van der Waals surface area contributed by atoms with Crippen LogP contribution in [-0.2, 0) is 4.79 Å². The Morgan fingerprint density at radius 2 is 1.75 bits per heavy atom. The van der Waals surface area contributed by atoms with Gasteiger partial charge in [-0.05, 0) is 36.6 Å². The van der Waals surface area contributed by atoms with E-state index in [1.165, 1.54) is 24.3 Å². The number of hydrogen-bond acceptors (Lipinski definition) is 2. The number of benzene rings is 1. The highest BCUT2D eigenvalue weighted by atomic mass is 19.1. The Hall–Kier alpha value is -1.91. The van der Waals surface area contributed by atoms with E-state index in [1.54, 1.807) is 0 Å². The van der Waals surface area contributed by atoms with Crippen molar-refractivity contribution in [3.05, 3.63) is 35.6 Å². The number of nitrogens with two attached hydrogens (primary N) is 1. The van der Waals surface area contributed by atoms with Gasteiger partial charge in [0.1, 0.15) is 11.9 Å². The molecule has 1 aromatic rings. The minimum absolute atomic E-state index is 0.308. The van der Waals surface area contributed by atoms with Gasteiger partial charge in [0.15, 0.2) is 0 Å². The normalized spacial score (nSPS) is 12.2. The number of hydrogen-bond donors (Lipinski definition) is 2.